The van der Waals surface area contributed by atoms with Crippen molar-refractivity contribution < 1.29 is 32.3 Å². The van der Waals surface area contributed by atoms with Gasteiger partial charge in [-0.25, -0.2) is 18.0 Å². The highest BCUT2D eigenvalue weighted by atomic mass is 19.2. The second-order valence-corrected chi connectivity index (χ2v) is 7.26. The van der Waals surface area contributed by atoms with Gasteiger partial charge in [0, 0.05) is 10.9 Å². The number of ether oxygens (including phenoxy) is 1. The molecule has 0 saturated carbocycles. The third-order valence-electron chi connectivity index (χ3n) is 4.69. The smallest absolute Gasteiger partial charge is 0.355 e. The predicted octanol–water partition coefficient (Wildman–Crippen LogP) is 3.50. The highest BCUT2D eigenvalue weighted by molar-refractivity contribution is 5.98. The van der Waals surface area contributed by atoms with Gasteiger partial charge in [-0.3, -0.25) is 9.59 Å². The average molecular weight is 447 g/mol. The van der Waals surface area contributed by atoms with Crippen LogP contribution in [0.1, 0.15) is 28.5 Å². The van der Waals surface area contributed by atoms with Gasteiger partial charge in [0.2, 0.25) is 5.91 Å². The highest BCUT2D eigenvalue weighted by Crippen LogP contribution is 2.22. The van der Waals surface area contributed by atoms with Crippen LogP contribution in [0.25, 0.3) is 10.9 Å². The minimum absolute atomic E-state index is 0.167. The number of hydrogen-bond acceptors (Lipinski definition) is 4. The maximum Gasteiger partial charge on any atom is 0.355 e. The first-order valence-electron chi connectivity index (χ1n) is 9.59. The molecule has 7 nitrogen and oxygen atoms in total. The number of rotatable bonds is 6. The van der Waals surface area contributed by atoms with Crippen LogP contribution in [0.4, 0.5) is 18.9 Å². The number of aromatic amines is 1. The zero-order chi connectivity index (χ0) is 23.6. The van der Waals surface area contributed by atoms with Crippen molar-refractivity contribution in [2.45, 2.75) is 26.9 Å². The van der Waals surface area contributed by atoms with E-state index in [1.54, 1.807) is 6.07 Å². The van der Waals surface area contributed by atoms with Crippen molar-refractivity contribution in [2.75, 3.05) is 11.9 Å². The molecule has 0 saturated heterocycles. The molecule has 0 fully saturated rings. The van der Waals surface area contributed by atoms with Crippen molar-refractivity contribution in [3.05, 3.63) is 64.6 Å². The van der Waals surface area contributed by atoms with Gasteiger partial charge in [-0.05, 0) is 56.2 Å². The van der Waals surface area contributed by atoms with E-state index in [2.05, 4.69) is 10.3 Å². The summed E-state index contributed by atoms with van der Waals surface area (Å²) < 4.78 is 44.9. The van der Waals surface area contributed by atoms with E-state index in [1.807, 2.05) is 31.3 Å². The van der Waals surface area contributed by atoms with Crippen LogP contribution < -0.4 is 10.6 Å². The molecular weight excluding hydrogens is 427 g/mol. The largest absolute Gasteiger partial charge is 0.448 e. The number of benzene rings is 2. The first-order valence-corrected chi connectivity index (χ1v) is 9.59. The Morgan fingerprint density at radius 2 is 1.78 bits per heavy atom. The van der Waals surface area contributed by atoms with E-state index in [1.165, 1.54) is 6.92 Å². The summed E-state index contributed by atoms with van der Waals surface area (Å²) in [5.41, 5.74) is 2.34. The Hall–Kier alpha value is -3.82. The minimum atomic E-state index is -1.73. The number of aryl methyl sites for hydroxylation is 2. The minimum Gasteiger partial charge on any atom is -0.448 e. The van der Waals surface area contributed by atoms with E-state index in [0.29, 0.717) is 6.07 Å². The van der Waals surface area contributed by atoms with Gasteiger partial charge in [0.25, 0.3) is 5.91 Å². The first-order chi connectivity index (χ1) is 15.1. The summed E-state index contributed by atoms with van der Waals surface area (Å²) in [7, 11) is 0. The average Bonchev–Trinajstić information content (AvgIpc) is 3.17. The second-order valence-electron chi connectivity index (χ2n) is 7.26. The summed E-state index contributed by atoms with van der Waals surface area (Å²) in [5.74, 6) is -7.10. The van der Waals surface area contributed by atoms with Crippen molar-refractivity contribution >= 4 is 34.4 Å². The molecule has 2 aromatic carbocycles. The van der Waals surface area contributed by atoms with E-state index in [-0.39, 0.29) is 5.69 Å². The maximum absolute atomic E-state index is 13.6. The van der Waals surface area contributed by atoms with Gasteiger partial charge in [-0.1, -0.05) is 6.07 Å². The molecule has 10 heteroatoms. The summed E-state index contributed by atoms with van der Waals surface area (Å²) in [6.07, 6.45) is -1.23. The van der Waals surface area contributed by atoms with E-state index in [9.17, 15) is 27.6 Å². The molecule has 1 unspecified atom stereocenters. The molecule has 0 radical (unpaired) electrons. The van der Waals surface area contributed by atoms with E-state index in [0.717, 1.165) is 28.1 Å². The molecule has 0 aliphatic heterocycles. The zero-order valence-corrected chi connectivity index (χ0v) is 17.4. The summed E-state index contributed by atoms with van der Waals surface area (Å²) in [5, 5.41) is 5.08. The third-order valence-corrected chi connectivity index (χ3v) is 4.69. The standard InChI is InChI=1S/C22H20F3N3O4/c1-10-6-11(2)13-8-17(27-16(13)7-10)22(31)32-12(3)21(30)26-9-18(29)28-15-5-4-14(23)19(24)20(15)25/h4-8,12,27H,9H2,1-3H3,(H,26,30)(H,28,29). The van der Waals surface area contributed by atoms with Crippen LogP contribution in [0.3, 0.4) is 0 Å². The molecule has 1 aromatic heterocycles. The van der Waals surface area contributed by atoms with Gasteiger partial charge in [0.1, 0.15) is 5.69 Å². The second kappa shape index (κ2) is 9.13. The molecule has 2 amide bonds. The fraction of sp³-hybridized carbons (Fsp3) is 0.227. The van der Waals surface area contributed by atoms with Crippen LogP contribution in [0, 0.1) is 31.3 Å². The number of esters is 1. The molecule has 0 aliphatic rings. The van der Waals surface area contributed by atoms with Crippen LogP contribution in [-0.4, -0.2) is 35.4 Å². The molecule has 1 heterocycles. The van der Waals surface area contributed by atoms with Crippen molar-refractivity contribution in [3.63, 3.8) is 0 Å². The Balaban J connectivity index is 1.55. The van der Waals surface area contributed by atoms with Crippen LogP contribution in [-0.2, 0) is 14.3 Å². The Bertz CT molecular complexity index is 1220. The molecule has 1 atom stereocenters. The van der Waals surface area contributed by atoms with Gasteiger partial charge in [0.05, 0.1) is 12.2 Å². The predicted molar refractivity (Wildman–Crippen MR) is 111 cm³/mol. The van der Waals surface area contributed by atoms with Crippen molar-refractivity contribution in [2.24, 2.45) is 0 Å². The Morgan fingerprint density at radius 1 is 1.06 bits per heavy atom. The van der Waals surface area contributed by atoms with Crippen LogP contribution in [0.2, 0.25) is 0 Å². The molecule has 3 aromatic rings. The fourth-order valence-electron chi connectivity index (χ4n) is 3.11. The van der Waals surface area contributed by atoms with E-state index >= 15 is 0 Å². The van der Waals surface area contributed by atoms with Crippen molar-refractivity contribution in [3.8, 4) is 0 Å². The molecule has 0 spiro atoms. The van der Waals surface area contributed by atoms with Crippen molar-refractivity contribution in [1.29, 1.82) is 0 Å². The maximum atomic E-state index is 13.6. The Kier molecular flexibility index (Phi) is 6.52. The lowest BCUT2D eigenvalue weighted by Crippen LogP contribution is -2.40. The third kappa shape index (κ3) is 4.90. The van der Waals surface area contributed by atoms with Gasteiger partial charge >= 0.3 is 5.97 Å². The number of nitrogens with one attached hydrogen (secondary N) is 3. The van der Waals surface area contributed by atoms with Crippen LogP contribution >= 0.6 is 0 Å². The summed E-state index contributed by atoms with van der Waals surface area (Å²) in [4.78, 5) is 39.3. The van der Waals surface area contributed by atoms with E-state index in [4.69, 9.17) is 4.74 Å². The Morgan fingerprint density at radius 3 is 2.50 bits per heavy atom. The van der Waals surface area contributed by atoms with Gasteiger partial charge in [-0.2, -0.15) is 0 Å². The zero-order valence-electron chi connectivity index (χ0n) is 17.4. The molecule has 168 valence electrons. The number of halogens is 3. The van der Waals surface area contributed by atoms with Gasteiger partial charge in [-0.15, -0.1) is 0 Å². The number of aromatic nitrogens is 1. The lowest BCUT2D eigenvalue weighted by molar-refractivity contribution is -0.130. The number of hydrogen-bond donors (Lipinski definition) is 3. The summed E-state index contributed by atoms with van der Waals surface area (Å²) >= 11 is 0. The van der Waals surface area contributed by atoms with Crippen LogP contribution in [0.15, 0.2) is 30.3 Å². The van der Waals surface area contributed by atoms with Gasteiger partial charge < -0.3 is 20.4 Å². The molecule has 0 bridgehead atoms. The number of carbonyl (C=O) groups is 3. The molecule has 3 N–H and O–H groups in total. The normalized spacial score (nSPS) is 11.8. The number of fused-ring (bicyclic) bond motifs is 1. The number of amides is 2. The first kappa shape index (κ1) is 22.9. The molecule has 32 heavy (non-hydrogen) atoms. The van der Waals surface area contributed by atoms with Crippen molar-refractivity contribution in [1.82, 2.24) is 10.3 Å². The van der Waals surface area contributed by atoms with E-state index < -0.39 is 53.6 Å². The number of H-pyrrole nitrogens is 1. The summed E-state index contributed by atoms with van der Waals surface area (Å²) in [6.45, 7) is 4.54. The van der Waals surface area contributed by atoms with Gasteiger partial charge in [0.15, 0.2) is 23.6 Å². The summed E-state index contributed by atoms with van der Waals surface area (Å²) in [6, 6.07) is 6.98. The molecular formula is C22H20F3N3O4. The Labute approximate surface area is 180 Å². The lowest BCUT2D eigenvalue weighted by atomic mass is 10.1. The monoisotopic (exact) mass is 447 g/mol. The van der Waals surface area contributed by atoms with Crippen LogP contribution in [0.5, 0.6) is 0 Å². The number of carbonyl (C=O) groups excluding carboxylic acids is 3. The quantitative estimate of drug-likeness (QED) is 0.398. The molecule has 0 aliphatic carbocycles. The lowest BCUT2D eigenvalue weighted by Gasteiger charge is -2.13. The SMILES string of the molecule is Cc1cc(C)c2cc(C(=O)OC(C)C(=O)NCC(=O)Nc3ccc(F)c(F)c3F)[nH]c2c1. The molecule has 3 rings (SSSR count). The fourth-order valence-corrected chi connectivity index (χ4v) is 3.11. The topological polar surface area (TPSA) is 100 Å². The highest BCUT2D eigenvalue weighted by Gasteiger charge is 2.22. The number of anilines is 1.